The zero-order chi connectivity index (χ0) is 19.1. The SMILES string of the molecule is CC(C)CNC(=O)CSc1nnc(CN2CCCCC2)n1-c1ccccc1. The minimum Gasteiger partial charge on any atom is -0.355 e. The maximum Gasteiger partial charge on any atom is 0.230 e. The molecule has 0 unspecified atom stereocenters. The molecule has 0 radical (unpaired) electrons. The molecule has 1 fully saturated rings. The van der Waals surface area contributed by atoms with E-state index in [-0.39, 0.29) is 5.91 Å². The van der Waals surface area contributed by atoms with Gasteiger partial charge in [0.15, 0.2) is 11.0 Å². The second-order valence-electron chi connectivity index (χ2n) is 7.39. The maximum atomic E-state index is 12.1. The van der Waals surface area contributed by atoms with E-state index in [0.29, 0.717) is 18.2 Å². The van der Waals surface area contributed by atoms with Gasteiger partial charge in [0.05, 0.1) is 12.3 Å². The molecule has 0 aliphatic carbocycles. The van der Waals surface area contributed by atoms with Crippen molar-refractivity contribution in [1.82, 2.24) is 25.0 Å². The Bertz CT molecular complexity index is 725. The van der Waals surface area contributed by atoms with E-state index in [2.05, 4.69) is 51.0 Å². The average Bonchev–Trinajstić information content (AvgIpc) is 3.08. The van der Waals surface area contributed by atoms with Gasteiger partial charge in [-0.05, 0) is 44.0 Å². The summed E-state index contributed by atoms with van der Waals surface area (Å²) in [4.78, 5) is 14.5. The molecule has 2 aromatic rings. The quantitative estimate of drug-likeness (QED) is 0.705. The normalized spacial score (nSPS) is 15.2. The number of nitrogens with one attached hydrogen (secondary N) is 1. The largest absolute Gasteiger partial charge is 0.355 e. The van der Waals surface area contributed by atoms with Crippen LogP contribution in [0.15, 0.2) is 35.5 Å². The lowest BCUT2D eigenvalue weighted by molar-refractivity contribution is -0.118. The molecule has 27 heavy (non-hydrogen) atoms. The van der Waals surface area contributed by atoms with E-state index in [0.717, 1.165) is 36.3 Å². The van der Waals surface area contributed by atoms with Crippen LogP contribution in [0.2, 0.25) is 0 Å². The highest BCUT2D eigenvalue weighted by molar-refractivity contribution is 7.99. The van der Waals surface area contributed by atoms with Crippen molar-refractivity contribution in [2.75, 3.05) is 25.4 Å². The highest BCUT2D eigenvalue weighted by Crippen LogP contribution is 2.23. The molecule has 1 amide bonds. The van der Waals surface area contributed by atoms with Gasteiger partial charge in [-0.15, -0.1) is 10.2 Å². The fourth-order valence-electron chi connectivity index (χ4n) is 3.15. The van der Waals surface area contributed by atoms with Gasteiger partial charge in [-0.25, -0.2) is 0 Å². The standard InChI is InChI=1S/C20H29N5OS/c1-16(2)13-21-19(26)15-27-20-23-22-18(14-24-11-7-4-8-12-24)25(20)17-9-5-3-6-10-17/h3,5-6,9-10,16H,4,7-8,11-15H2,1-2H3,(H,21,26). The Morgan fingerprint density at radius 1 is 1.15 bits per heavy atom. The third kappa shape index (κ3) is 5.81. The molecule has 1 saturated heterocycles. The van der Waals surface area contributed by atoms with Crippen molar-refractivity contribution in [3.63, 3.8) is 0 Å². The zero-order valence-corrected chi connectivity index (χ0v) is 17.0. The number of thioether (sulfide) groups is 1. The van der Waals surface area contributed by atoms with Crippen LogP contribution >= 0.6 is 11.8 Å². The molecule has 1 aromatic heterocycles. The third-order valence-electron chi connectivity index (χ3n) is 4.57. The number of carbonyl (C=O) groups is 1. The predicted molar refractivity (Wildman–Crippen MR) is 109 cm³/mol. The first-order valence-corrected chi connectivity index (χ1v) is 10.7. The Morgan fingerprint density at radius 2 is 1.89 bits per heavy atom. The van der Waals surface area contributed by atoms with Gasteiger partial charge in [-0.3, -0.25) is 14.3 Å². The fraction of sp³-hybridized carbons (Fsp3) is 0.550. The summed E-state index contributed by atoms with van der Waals surface area (Å²) in [6.07, 6.45) is 3.81. The Morgan fingerprint density at radius 3 is 2.59 bits per heavy atom. The number of nitrogens with zero attached hydrogens (tertiary/aromatic N) is 4. The van der Waals surface area contributed by atoms with Crippen LogP contribution in [0.5, 0.6) is 0 Å². The van der Waals surface area contributed by atoms with Crippen molar-refractivity contribution in [2.45, 2.75) is 44.8 Å². The van der Waals surface area contributed by atoms with Crippen LogP contribution < -0.4 is 5.32 Å². The minimum atomic E-state index is 0.0360. The van der Waals surface area contributed by atoms with Crippen molar-refractivity contribution in [1.29, 1.82) is 0 Å². The summed E-state index contributed by atoms with van der Waals surface area (Å²) in [6, 6.07) is 10.2. The number of benzene rings is 1. The first-order valence-electron chi connectivity index (χ1n) is 9.75. The molecule has 3 rings (SSSR count). The number of amides is 1. The summed E-state index contributed by atoms with van der Waals surface area (Å²) in [7, 11) is 0. The smallest absolute Gasteiger partial charge is 0.230 e. The van der Waals surface area contributed by atoms with Gasteiger partial charge in [0.1, 0.15) is 0 Å². The van der Waals surface area contributed by atoms with Crippen LogP contribution in [-0.2, 0) is 11.3 Å². The predicted octanol–water partition coefficient (Wildman–Crippen LogP) is 3.12. The first kappa shape index (κ1) is 19.9. The molecular weight excluding hydrogens is 358 g/mol. The van der Waals surface area contributed by atoms with Crippen molar-refractivity contribution in [3.8, 4) is 5.69 Å². The number of hydrogen-bond donors (Lipinski definition) is 1. The maximum absolute atomic E-state index is 12.1. The lowest BCUT2D eigenvalue weighted by atomic mass is 10.1. The number of likely N-dealkylation sites (tertiary alicyclic amines) is 1. The van der Waals surface area contributed by atoms with E-state index in [9.17, 15) is 4.79 Å². The molecule has 1 aromatic carbocycles. The third-order valence-corrected chi connectivity index (χ3v) is 5.50. The molecule has 1 aliphatic heterocycles. The van der Waals surface area contributed by atoms with Gasteiger partial charge in [0, 0.05) is 12.2 Å². The number of aromatic nitrogens is 3. The molecule has 2 heterocycles. The van der Waals surface area contributed by atoms with Crippen LogP contribution in [0.3, 0.4) is 0 Å². The van der Waals surface area contributed by atoms with E-state index in [1.165, 1.54) is 31.0 Å². The van der Waals surface area contributed by atoms with E-state index in [4.69, 9.17) is 0 Å². The van der Waals surface area contributed by atoms with Crippen LogP contribution in [0, 0.1) is 5.92 Å². The fourth-order valence-corrected chi connectivity index (χ4v) is 3.95. The Kier molecular flexibility index (Phi) is 7.29. The highest BCUT2D eigenvalue weighted by Gasteiger charge is 2.19. The van der Waals surface area contributed by atoms with Crippen molar-refractivity contribution in [3.05, 3.63) is 36.2 Å². The Hall–Kier alpha value is -1.86. The molecule has 6 nitrogen and oxygen atoms in total. The number of hydrogen-bond acceptors (Lipinski definition) is 5. The summed E-state index contributed by atoms with van der Waals surface area (Å²) in [5.74, 6) is 1.77. The molecule has 146 valence electrons. The number of rotatable bonds is 8. The van der Waals surface area contributed by atoms with Crippen molar-refractivity contribution >= 4 is 17.7 Å². The Balaban J connectivity index is 1.74. The van der Waals surface area contributed by atoms with Gasteiger partial charge in [-0.1, -0.05) is 50.2 Å². The lowest BCUT2D eigenvalue weighted by Crippen LogP contribution is -2.30. The van der Waals surface area contributed by atoms with E-state index >= 15 is 0 Å². The second kappa shape index (κ2) is 9.90. The summed E-state index contributed by atoms with van der Waals surface area (Å²) in [5.41, 5.74) is 1.04. The van der Waals surface area contributed by atoms with E-state index < -0.39 is 0 Å². The summed E-state index contributed by atoms with van der Waals surface area (Å²) >= 11 is 1.44. The highest BCUT2D eigenvalue weighted by atomic mass is 32.2. The topological polar surface area (TPSA) is 63.1 Å². The van der Waals surface area contributed by atoms with Gasteiger partial charge < -0.3 is 5.32 Å². The second-order valence-corrected chi connectivity index (χ2v) is 8.34. The number of piperidine rings is 1. The monoisotopic (exact) mass is 387 g/mol. The molecular formula is C20H29N5OS. The van der Waals surface area contributed by atoms with Gasteiger partial charge in [0.2, 0.25) is 5.91 Å². The Labute approximate surface area is 165 Å². The summed E-state index contributed by atoms with van der Waals surface area (Å²) in [5, 5.41) is 12.6. The van der Waals surface area contributed by atoms with E-state index in [1.807, 2.05) is 18.2 Å². The number of para-hydroxylation sites is 1. The molecule has 7 heteroatoms. The van der Waals surface area contributed by atoms with Gasteiger partial charge >= 0.3 is 0 Å². The van der Waals surface area contributed by atoms with Gasteiger partial charge in [-0.2, -0.15) is 0 Å². The van der Waals surface area contributed by atoms with Gasteiger partial charge in [0.25, 0.3) is 0 Å². The van der Waals surface area contributed by atoms with Crippen LogP contribution in [0.4, 0.5) is 0 Å². The van der Waals surface area contributed by atoms with E-state index in [1.54, 1.807) is 0 Å². The average molecular weight is 388 g/mol. The first-order chi connectivity index (χ1) is 13.1. The summed E-state index contributed by atoms with van der Waals surface area (Å²) < 4.78 is 2.09. The van der Waals surface area contributed by atoms with Crippen LogP contribution in [0.25, 0.3) is 5.69 Å². The van der Waals surface area contributed by atoms with Crippen molar-refractivity contribution < 1.29 is 4.79 Å². The molecule has 0 spiro atoms. The van der Waals surface area contributed by atoms with Crippen LogP contribution in [0.1, 0.15) is 38.9 Å². The summed E-state index contributed by atoms with van der Waals surface area (Å²) in [6.45, 7) is 7.90. The molecule has 1 aliphatic rings. The lowest BCUT2D eigenvalue weighted by Gasteiger charge is -2.26. The van der Waals surface area contributed by atoms with Crippen LogP contribution in [-0.4, -0.2) is 51.0 Å². The molecule has 0 bridgehead atoms. The molecule has 1 N–H and O–H groups in total. The minimum absolute atomic E-state index is 0.0360. The van der Waals surface area contributed by atoms with Crippen molar-refractivity contribution in [2.24, 2.45) is 5.92 Å². The molecule has 0 saturated carbocycles. The molecule has 0 atom stereocenters. The zero-order valence-electron chi connectivity index (χ0n) is 16.2. The number of carbonyl (C=O) groups excluding carboxylic acids is 1.